The summed E-state index contributed by atoms with van der Waals surface area (Å²) in [5.74, 6) is -0.404. The number of nitrogens with zero attached hydrogens (tertiary/aromatic N) is 1. The van der Waals surface area contributed by atoms with E-state index in [1.54, 1.807) is 54.6 Å². The van der Waals surface area contributed by atoms with Crippen LogP contribution in [0.4, 0.5) is 13.2 Å². The van der Waals surface area contributed by atoms with Gasteiger partial charge in [-0.05, 0) is 41.3 Å². The number of hydrogen-bond donors (Lipinski definition) is 2. The van der Waals surface area contributed by atoms with Gasteiger partial charge in [-0.1, -0.05) is 66.2 Å². The van der Waals surface area contributed by atoms with E-state index in [4.69, 9.17) is 21.4 Å². The third-order valence-corrected chi connectivity index (χ3v) is 5.98. The van der Waals surface area contributed by atoms with Gasteiger partial charge in [-0.15, -0.1) is 12.4 Å². The summed E-state index contributed by atoms with van der Waals surface area (Å²) >= 11 is 6.11. The molecular weight excluding hydrogens is 530 g/mol. The Morgan fingerprint density at radius 3 is 2.41 bits per heavy atom. The molecule has 10 heteroatoms. The average molecular weight is 558 g/mol. The summed E-state index contributed by atoms with van der Waals surface area (Å²) in [7, 11) is 0. The number of aliphatic hydroxyl groups is 1. The Kier molecular flexibility index (Phi) is 11.7. The molecule has 0 radical (unpaired) electrons. The van der Waals surface area contributed by atoms with Crippen LogP contribution in [-0.4, -0.2) is 40.8 Å². The molecule has 0 fully saturated rings. The molecular formula is C27H28Cl2F3NO4. The maximum absolute atomic E-state index is 13.3. The molecule has 0 spiro atoms. The second-order valence-corrected chi connectivity index (χ2v) is 8.74. The maximum atomic E-state index is 13.3. The second kappa shape index (κ2) is 14.2. The van der Waals surface area contributed by atoms with Gasteiger partial charge in [-0.2, -0.15) is 13.2 Å². The number of ether oxygens (including phenoxy) is 1. The van der Waals surface area contributed by atoms with Gasteiger partial charge in [-0.25, -0.2) is 0 Å². The van der Waals surface area contributed by atoms with E-state index >= 15 is 0 Å². The van der Waals surface area contributed by atoms with E-state index in [2.05, 4.69) is 0 Å². The third-order valence-electron chi connectivity index (χ3n) is 5.53. The molecule has 5 nitrogen and oxygen atoms in total. The highest BCUT2D eigenvalue weighted by Gasteiger charge is 2.34. The van der Waals surface area contributed by atoms with Crippen LogP contribution in [0.15, 0.2) is 72.8 Å². The summed E-state index contributed by atoms with van der Waals surface area (Å²) in [6.07, 6.45) is -5.00. The minimum atomic E-state index is -4.56. The molecule has 3 aromatic rings. The first-order chi connectivity index (χ1) is 17.1. The average Bonchev–Trinajstić information content (AvgIpc) is 2.82. The molecule has 0 bridgehead atoms. The Bertz CT molecular complexity index is 1150. The summed E-state index contributed by atoms with van der Waals surface area (Å²) in [6.45, 7) is 1.02. The molecule has 1 atom stereocenters. The van der Waals surface area contributed by atoms with Gasteiger partial charge in [0.25, 0.3) is 0 Å². The van der Waals surface area contributed by atoms with E-state index in [0.29, 0.717) is 42.0 Å². The topological polar surface area (TPSA) is 70.0 Å². The van der Waals surface area contributed by atoms with Crippen molar-refractivity contribution in [3.63, 3.8) is 0 Å². The van der Waals surface area contributed by atoms with Gasteiger partial charge in [0.05, 0.1) is 29.7 Å². The largest absolute Gasteiger partial charge is 0.494 e. The Labute approximate surface area is 224 Å². The van der Waals surface area contributed by atoms with Crippen molar-refractivity contribution in [1.29, 1.82) is 0 Å². The summed E-state index contributed by atoms with van der Waals surface area (Å²) in [4.78, 5) is 12.8. The van der Waals surface area contributed by atoms with Crippen molar-refractivity contribution < 1.29 is 32.9 Å². The molecule has 0 saturated carbocycles. The van der Waals surface area contributed by atoms with Crippen LogP contribution in [0.1, 0.15) is 34.8 Å². The molecule has 3 aromatic carbocycles. The number of aliphatic hydroxyl groups excluding tert-OH is 1. The number of alkyl halides is 3. The number of carboxylic acids is 1. The molecule has 0 aromatic heterocycles. The van der Waals surface area contributed by atoms with E-state index < -0.39 is 23.8 Å². The van der Waals surface area contributed by atoms with Crippen molar-refractivity contribution in [2.45, 2.75) is 31.7 Å². The van der Waals surface area contributed by atoms with Crippen molar-refractivity contribution in [2.75, 3.05) is 19.7 Å². The number of hydrogen-bond acceptors (Lipinski definition) is 4. The van der Waals surface area contributed by atoms with Crippen molar-refractivity contribution in [3.8, 4) is 5.75 Å². The van der Waals surface area contributed by atoms with Gasteiger partial charge in [0.2, 0.25) is 0 Å². The van der Waals surface area contributed by atoms with Crippen molar-refractivity contribution in [1.82, 2.24) is 4.90 Å². The standard InChI is InChI=1S/C27H27ClF3NO4.ClH/c28-26-21(10-5-12-23(26)27(29,30)31)17-32(18-24(33)20-8-2-1-3-9-20)13-6-14-36-22-11-4-7-19(15-22)16-25(34)35;/h1-5,7-12,15,24,33H,6,13-14,16-18H2,(H,34,35);1H. The van der Waals surface area contributed by atoms with Crippen LogP contribution < -0.4 is 4.74 Å². The van der Waals surface area contributed by atoms with Gasteiger partial charge >= 0.3 is 12.1 Å². The number of benzene rings is 3. The van der Waals surface area contributed by atoms with Crippen LogP contribution in [0, 0.1) is 0 Å². The van der Waals surface area contributed by atoms with Crippen molar-refractivity contribution in [2.24, 2.45) is 0 Å². The fraction of sp³-hybridized carbons (Fsp3) is 0.296. The Balaban J connectivity index is 0.00000481. The first-order valence-electron chi connectivity index (χ1n) is 11.4. The molecule has 0 aliphatic rings. The minimum Gasteiger partial charge on any atom is -0.494 e. The maximum Gasteiger partial charge on any atom is 0.417 e. The van der Waals surface area contributed by atoms with Crippen LogP contribution in [0.3, 0.4) is 0 Å². The van der Waals surface area contributed by atoms with Gasteiger partial charge in [-0.3, -0.25) is 9.69 Å². The predicted molar refractivity (Wildman–Crippen MR) is 138 cm³/mol. The molecule has 200 valence electrons. The minimum absolute atomic E-state index is 0. The molecule has 0 heterocycles. The summed E-state index contributed by atoms with van der Waals surface area (Å²) in [6, 6.07) is 19.6. The SMILES string of the molecule is Cl.O=C(O)Cc1cccc(OCCCN(Cc2cccc(C(F)(F)F)c2Cl)CC(O)c2ccccc2)c1. The van der Waals surface area contributed by atoms with Gasteiger partial charge < -0.3 is 14.9 Å². The number of aliphatic carboxylic acids is 1. The van der Waals surface area contributed by atoms with E-state index in [9.17, 15) is 23.1 Å². The smallest absolute Gasteiger partial charge is 0.417 e. The number of rotatable bonds is 12. The van der Waals surface area contributed by atoms with E-state index in [-0.39, 0.29) is 36.9 Å². The summed E-state index contributed by atoms with van der Waals surface area (Å²) in [5, 5.41) is 19.3. The summed E-state index contributed by atoms with van der Waals surface area (Å²) < 4.78 is 45.7. The fourth-order valence-electron chi connectivity index (χ4n) is 3.82. The lowest BCUT2D eigenvalue weighted by Crippen LogP contribution is -2.30. The van der Waals surface area contributed by atoms with Crippen LogP contribution in [-0.2, 0) is 23.9 Å². The highest BCUT2D eigenvalue weighted by atomic mass is 35.5. The normalized spacial score (nSPS) is 12.2. The number of carboxylic acid groups (broad SMARTS) is 1. The molecule has 0 aliphatic heterocycles. The van der Waals surface area contributed by atoms with Gasteiger partial charge in [0, 0.05) is 19.6 Å². The zero-order chi connectivity index (χ0) is 26.1. The Hall–Kier alpha value is -2.78. The quantitative estimate of drug-likeness (QED) is 0.252. The van der Waals surface area contributed by atoms with E-state index in [1.165, 1.54) is 6.07 Å². The van der Waals surface area contributed by atoms with Crippen LogP contribution >= 0.6 is 24.0 Å². The van der Waals surface area contributed by atoms with Crippen LogP contribution in [0.25, 0.3) is 0 Å². The van der Waals surface area contributed by atoms with Crippen molar-refractivity contribution >= 4 is 30.0 Å². The molecule has 3 rings (SSSR count). The molecule has 37 heavy (non-hydrogen) atoms. The van der Waals surface area contributed by atoms with Crippen LogP contribution in [0.5, 0.6) is 5.75 Å². The lowest BCUT2D eigenvalue weighted by atomic mass is 10.1. The van der Waals surface area contributed by atoms with Gasteiger partial charge in [0.15, 0.2) is 0 Å². The third kappa shape index (κ3) is 9.55. The van der Waals surface area contributed by atoms with Gasteiger partial charge in [0.1, 0.15) is 5.75 Å². The first-order valence-corrected chi connectivity index (χ1v) is 11.7. The second-order valence-electron chi connectivity index (χ2n) is 8.36. The van der Waals surface area contributed by atoms with Crippen LogP contribution in [0.2, 0.25) is 5.02 Å². The molecule has 1 unspecified atom stereocenters. The zero-order valence-corrected chi connectivity index (χ0v) is 21.4. The van der Waals surface area contributed by atoms with E-state index in [0.717, 1.165) is 6.07 Å². The summed E-state index contributed by atoms with van der Waals surface area (Å²) in [5.41, 5.74) is 0.736. The monoisotopic (exact) mass is 557 g/mol. The molecule has 2 N–H and O–H groups in total. The highest BCUT2D eigenvalue weighted by molar-refractivity contribution is 6.32. The Morgan fingerprint density at radius 2 is 1.73 bits per heavy atom. The molecule has 0 saturated heterocycles. The predicted octanol–water partition coefficient (Wildman–Crippen LogP) is 6.41. The highest BCUT2D eigenvalue weighted by Crippen LogP contribution is 2.36. The fourth-order valence-corrected chi connectivity index (χ4v) is 4.11. The Morgan fingerprint density at radius 1 is 1.03 bits per heavy atom. The number of halogens is 5. The molecule has 0 aliphatic carbocycles. The number of carbonyl (C=O) groups is 1. The molecule has 0 amide bonds. The lowest BCUT2D eigenvalue weighted by molar-refractivity contribution is -0.138. The lowest BCUT2D eigenvalue weighted by Gasteiger charge is -2.26. The van der Waals surface area contributed by atoms with Crippen molar-refractivity contribution in [3.05, 3.63) is 100 Å². The van der Waals surface area contributed by atoms with E-state index in [1.807, 2.05) is 11.0 Å². The zero-order valence-electron chi connectivity index (χ0n) is 19.8. The first kappa shape index (κ1) is 30.4.